The van der Waals surface area contributed by atoms with Gasteiger partial charge >= 0.3 is 0 Å². The quantitative estimate of drug-likeness (QED) is 0.329. The lowest BCUT2D eigenvalue weighted by Crippen LogP contribution is -2.37. The smallest absolute Gasteiger partial charge is 0.287 e. The normalized spacial score (nSPS) is 25.2. The van der Waals surface area contributed by atoms with Crippen LogP contribution in [0.4, 0.5) is 0 Å². The molecule has 0 aromatic rings. The van der Waals surface area contributed by atoms with Crippen molar-refractivity contribution in [2.75, 3.05) is 32.5 Å². The summed E-state index contributed by atoms with van der Waals surface area (Å²) in [5, 5.41) is 21.3. The Morgan fingerprint density at radius 2 is 1.67 bits per heavy atom. The van der Waals surface area contributed by atoms with Crippen LogP contribution in [0, 0.1) is 20.2 Å². The molecule has 0 aliphatic carbocycles. The first kappa shape index (κ1) is 14.7. The zero-order valence-corrected chi connectivity index (χ0v) is 10.4. The van der Waals surface area contributed by atoms with Gasteiger partial charge in [0, 0.05) is 16.4 Å². The van der Waals surface area contributed by atoms with E-state index in [1.807, 2.05) is 0 Å². The minimum absolute atomic E-state index is 0.0776. The molecule has 0 N–H and O–H groups in total. The van der Waals surface area contributed by atoms with E-state index in [9.17, 15) is 28.6 Å². The van der Waals surface area contributed by atoms with E-state index in [1.54, 1.807) is 0 Å². The van der Waals surface area contributed by atoms with Crippen LogP contribution in [0.5, 0.6) is 0 Å². The molecule has 0 spiro atoms. The van der Waals surface area contributed by atoms with Crippen molar-refractivity contribution in [3.05, 3.63) is 20.2 Å². The number of nitrogens with zero attached hydrogens (tertiary/aromatic N) is 3. The van der Waals surface area contributed by atoms with Crippen molar-refractivity contribution in [3.63, 3.8) is 0 Å². The average Bonchev–Trinajstić information content (AvgIpc) is 2.60. The second kappa shape index (κ2) is 5.54. The minimum Gasteiger partial charge on any atom is -0.287 e. The van der Waals surface area contributed by atoms with Gasteiger partial charge in [-0.15, -0.1) is 0 Å². The predicted octanol–water partition coefficient (Wildman–Crippen LogP) is -1.43. The molecule has 0 aromatic carbocycles. The third-order valence-electron chi connectivity index (χ3n) is 2.58. The van der Waals surface area contributed by atoms with E-state index >= 15 is 0 Å². The molecule has 0 bridgehead atoms. The van der Waals surface area contributed by atoms with E-state index < -0.39 is 32.0 Å². The van der Waals surface area contributed by atoms with Gasteiger partial charge in [0.2, 0.25) is 0 Å². The van der Waals surface area contributed by atoms with Crippen LogP contribution in [0.1, 0.15) is 0 Å². The summed E-state index contributed by atoms with van der Waals surface area (Å²) in [7, 11) is -3.57. The molecule has 0 aromatic heterocycles. The van der Waals surface area contributed by atoms with Gasteiger partial charge in [0.05, 0.1) is 26.0 Å². The molecule has 1 heterocycles. The SMILES string of the molecule is CS(=O)(=O)OCCN1CC([N+](=O)[O-])C([N+](=O)[O-])C1. The molecule has 18 heavy (non-hydrogen) atoms. The third-order valence-corrected chi connectivity index (χ3v) is 3.18. The number of nitro groups is 2. The first-order valence-corrected chi connectivity index (χ1v) is 6.86. The fourth-order valence-electron chi connectivity index (χ4n) is 1.76. The number of hydrogen-bond acceptors (Lipinski definition) is 8. The molecule has 1 saturated heterocycles. The summed E-state index contributed by atoms with van der Waals surface area (Å²) in [6.07, 6.45) is 0.886. The van der Waals surface area contributed by atoms with Gasteiger partial charge in [0.15, 0.2) is 0 Å². The molecule has 1 rings (SSSR count). The zero-order valence-electron chi connectivity index (χ0n) is 9.59. The van der Waals surface area contributed by atoms with Crippen molar-refractivity contribution in [1.29, 1.82) is 0 Å². The van der Waals surface area contributed by atoms with Gasteiger partial charge in [-0.05, 0) is 0 Å². The van der Waals surface area contributed by atoms with Gasteiger partial charge in [0.25, 0.3) is 22.2 Å². The maximum atomic E-state index is 10.7. The lowest BCUT2D eigenvalue weighted by Gasteiger charge is -2.11. The lowest BCUT2D eigenvalue weighted by molar-refractivity contribution is -0.606. The van der Waals surface area contributed by atoms with Crippen LogP contribution in [0.15, 0.2) is 0 Å². The Kier molecular flexibility index (Phi) is 4.53. The van der Waals surface area contributed by atoms with E-state index in [-0.39, 0.29) is 26.2 Å². The van der Waals surface area contributed by atoms with E-state index in [1.165, 1.54) is 4.90 Å². The van der Waals surface area contributed by atoms with Crippen molar-refractivity contribution in [1.82, 2.24) is 4.90 Å². The van der Waals surface area contributed by atoms with Crippen molar-refractivity contribution in [2.24, 2.45) is 0 Å². The molecule has 2 unspecified atom stereocenters. The third kappa shape index (κ3) is 4.16. The number of hydrogen-bond donors (Lipinski definition) is 0. The zero-order chi connectivity index (χ0) is 13.9. The fourth-order valence-corrected chi connectivity index (χ4v) is 2.14. The molecule has 1 aliphatic rings. The molecule has 10 nitrogen and oxygen atoms in total. The molecule has 2 atom stereocenters. The first-order chi connectivity index (χ1) is 8.20. The molecule has 0 amide bonds. The molecular formula is C7H13N3O7S. The van der Waals surface area contributed by atoms with Crippen LogP contribution in [0.2, 0.25) is 0 Å². The van der Waals surface area contributed by atoms with Gasteiger partial charge in [-0.3, -0.25) is 29.3 Å². The standard InChI is InChI=1S/C7H13N3O7S/c1-18(15,16)17-3-2-8-4-6(9(11)12)7(5-8)10(13)14/h6-7H,2-5H2,1H3. The molecule has 1 fully saturated rings. The van der Waals surface area contributed by atoms with Gasteiger partial charge in [-0.2, -0.15) is 8.42 Å². The maximum Gasteiger partial charge on any atom is 0.292 e. The van der Waals surface area contributed by atoms with Crippen LogP contribution in [0.3, 0.4) is 0 Å². The summed E-state index contributed by atoms with van der Waals surface area (Å²) in [6, 6.07) is -2.53. The van der Waals surface area contributed by atoms with Gasteiger partial charge in [-0.1, -0.05) is 0 Å². The van der Waals surface area contributed by atoms with Crippen LogP contribution in [-0.2, 0) is 14.3 Å². The highest BCUT2D eigenvalue weighted by Crippen LogP contribution is 2.15. The molecule has 11 heteroatoms. The van der Waals surface area contributed by atoms with E-state index in [0.717, 1.165) is 6.26 Å². The van der Waals surface area contributed by atoms with Crippen LogP contribution >= 0.6 is 0 Å². The van der Waals surface area contributed by atoms with Crippen molar-refractivity contribution in [3.8, 4) is 0 Å². The van der Waals surface area contributed by atoms with Crippen molar-refractivity contribution >= 4 is 10.1 Å². The summed E-state index contributed by atoms with van der Waals surface area (Å²) in [4.78, 5) is 21.4. The Morgan fingerprint density at radius 1 is 1.22 bits per heavy atom. The highest BCUT2D eigenvalue weighted by atomic mass is 32.2. The summed E-state index contributed by atoms with van der Waals surface area (Å²) in [6.45, 7) is -0.229. The highest BCUT2D eigenvalue weighted by molar-refractivity contribution is 7.85. The van der Waals surface area contributed by atoms with Crippen molar-refractivity contribution < 1.29 is 22.4 Å². The van der Waals surface area contributed by atoms with E-state index in [0.29, 0.717) is 0 Å². The lowest BCUT2D eigenvalue weighted by atomic mass is 10.2. The van der Waals surface area contributed by atoms with E-state index in [2.05, 4.69) is 4.18 Å². The van der Waals surface area contributed by atoms with E-state index in [4.69, 9.17) is 0 Å². The van der Waals surface area contributed by atoms with Gasteiger partial charge in [0.1, 0.15) is 0 Å². The first-order valence-electron chi connectivity index (χ1n) is 5.04. The summed E-state index contributed by atoms with van der Waals surface area (Å²) in [5.41, 5.74) is 0. The minimum atomic E-state index is -3.57. The second-order valence-corrected chi connectivity index (χ2v) is 5.64. The largest absolute Gasteiger partial charge is 0.292 e. The Balaban J connectivity index is 2.51. The Morgan fingerprint density at radius 3 is 2.00 bits per heavy atom. The fraction of sp³-hybridized carbons (Fsp3) is 1.00. The highest BCUT2D eigenvalue weighted by Gasteiger charge is 2.49. The van der Waals surface area contributed by atoms with Crippen LogP contribution in [0.25, 0.3) is 0 Å². The second-order valence-electron chi connectivity index (χ2n) is 3.99. The molecular weight excluding hydrogens is 270 g/mol. The Hall–Kier alpha value is -1.33. The monoisotopic (exact) mass is 283 g/mol. The number of rotatable bonds is 6. The molecule has 1 aliphatic heterocycles. The van der Waals surface area contributed by atoms with Gasteiger partial charge < -0.3 is 0 Å². The topological polar surface area (TPSA) is 133 Å². The Labute approximate surface area is 103 Å². The summed E-state index contributed by atoms with van der Waals surface area (Å²) >= 11 is 0. The van der Waals surface area contributed by atoms with Gasteiger partial charge in [-0.25, -0.2) is 0 Å². The molecule has 0 radical (unpaired) electrons. The average molecular weight is 283 g/mol. The van der Waals surface area contributed by atoms with Crippen LogP contribution < -0.4 is 0 Å². The Bertz CT molecular complexity index is 414. The van der Waals surface area contributed by atoms with Crippen molar-refractivity contribution in [2.45, 2.75) is 12.1 Å². The molecule has 0 saturated carbocycles. The van der Waals surface area contributed by atoms with Crippen LogP contribution in [-0.4, -0.2) is 67.7 Å². The summed E-state index contributed by atoms with van der Waals surface area (Å²) in [5.74, 6) is 0. The predicted molar refractivity (Wildman–Crippen MR) is 58.8 cm³/mol. The number of likely N-dealkylation sites (tertiary alicyclic amines) is 1. The molecule has 104 valence electrons. The maximum absolute atomic E-state index is 10.7. The summed E-state index contributed by atoms with van der Waals surface area (Å²) < 4.78 is 25.9.